The lowest BCUT2D eigenvalue weighted by molar-refractivity contribution is -0.141. The van der Waals surface area contributed by atoms with Crippen molar-refractivity contribution in [1.82, 2.24) is 35.1 Å². The van der Waals surface area contributed by atoms with Crippen LogP contribution in [0, 0.1) is 29.6 Å². The lowest BCUT2D eigenvalue weighted by atomic mass is 10.0. The summed E-state index contributed by atoms with van der Waals surface area (Å²) in [5.41, 5.74) is -0.684. The number of nitrogens with one attached hydrogen (secondary N) is 2. The van der Waals surface area contributed by atoms with Gasteiger partial charge in [0.1, 0.15) is 12.2 Å². The molecule has 2 amide bonds. The molecule has 0 unspecified atom stereocenters. The molecule has 0 radical (unpaired) electrons. The van der Waals surface area contributed by atoms with Gasteiger partial charge >= 0.3 is 6.18 Å². The van der Waals surface area contributed by atoms with E-state index in [-0.39, 0.29) is 52.1 Å². The van der Waals surface area contributed by atoms with Crippen LogP contribution in [0.15, 0.2) is 42.7 Å². The zero-order chi connectivity index (χ0) is 29.0. The van der Waals surface area contributed by atoms with Gasteiger partial charge in [-0.15, -0.1) is 5.10 Å². The molecule has 0 aliphatic heterocycles. The number of hydrogen-bond acceptors (Lipinski definition) is 8. The van der Waals surface area contributed by atoms with Crippen molar-refractivity contribution in [1.29, 1.82) is 10.5 Å². The largest absolute Gasteiger partial charge is 0.436 e. The first kappa shape index (κ1) is 27.7. The lowest BCUT2D eigenvalue weighted by Gasteiger charge is -2.15. The third-order valence-corrected chi connectivity index (χ3v) is 5.66. The summed E-state index contributed by atoms with van der Waals surface area (Å²) in [5.74, 6) is -1.43. The zero-order valence-corrected chi connectivity index (χ0v) is 21.1. The highest BCUT2D eigenvalue weighted by molar-refractivity contribution is 6.32. The van der Waals surface area contributed by atoms with Crippen LogP contribution in [0.4, 0.5) is 18.9 Å². The Kier molecular flexibility index (Phi) is 7.78. The topological polar surface area (TPSA) is 167 Å². The number of hydrogen-bond donors (Lipinski definition) is 2. The van der Waals surface area contributed by atoms with Gasteiger partial charge in [-0.1, -0.05) is 16.8 Å². The van der Waals surface area contributed by atoms with Crippen molar-refractivity contribution in [3.8, 4) is 18.0 Å². The highest BCUT2D eigenvalue weighted by atomic mass is 35.5. The molecule has 0 saturated heterocycles. The molecule has 12 nitrogen and oxygen atoms in total. The average Bonchev–Trinajstić information content (AvgIpc) is 3.56. The molecule has 16 heteroatoms. The Bertz CT molecular complexity index is 1700. The van der Waals surface area contributed by atoms with E-state index in [1.54, 1.807) is 19.1 Å². The summed E-state index contributed by atoms with van der Waals surface area (Å²) in [4.78, 5) is 30.4. The van der Waals surface area contributed by atoms with Crippen molar-refractivity contribution >= 4 is 29.1 Å². The highest BCUT2D eigenvalue weighted by Gasteiger charge is 2.34. The first-order valence-corrected chi connectivity index (χ1v) is 11.6. The number of aryl methyl sites for hydroxylation is 1. The van der Waals surface area contributed by atoms with E-state index in [4.69, 9.17) is 16.9 Å². The van der Waals surface area contributed by atoms with Crippen LogP contribution in [-0.2, 0) is 12.7 Å². The molecule has 1 aromatic carbocycles. The third-order valence-electron chi connectivity index (χ3n) is 5.36. The van der Waals surface area contributed by atoms with E-state index in [2.05, 4.69) is 31.0 Å². The number of benzene rings is 1. The van der Waals surface area contributed by atoms with Crippen molar-refractivity contribution in [3.63, 3.8) is 0 Å². The number of carbonyl (C=O) groups is 2. The Morgan fingerprint density at radius 1 is 1.18 bits per heavy atom. The van der Waals surface area contributed by atoms with Crippen molar-refractivity contribution in [2.75, 3.05) is 11.9 Å². The van der Waals surface area contributed by atoms with Crippen LogP contribution in [0.3, 0.4) is 0 Å². The van der Waals surface area contributed by atoms with Crippen molar-refractivity contribution in [3.05, 3.63) is 81.5 Å². The summed E-state index contributed by atoms with van der Waals surface area (Å²) < 4.78 is 40.9. The van der Waals surface area contributed by atoms with Gasteiger partial charge in [0.15, 0.2) is 11.5 Å². The van der Waals surface area contributed by atoms with Gasteiger partial charge in [0.05, 0.1) is 52.4 Å². The summed E-state index contributed by atoms with van der Waals surface area (Å²) in [6.07, 6.45) is -2.60. The Balaban J connectivity index is 1.75. The van der Waals surface area contributed by atoms with Crippen LogP contribution < -0.4 is 10.6 Å². The normalized spacial score (nSPS) is 11.0. The summed E-state index contributed by atoms with van der Waals surface area (Å²) >= 11 is 6.28. The van der Waals surface area contributed by atoms with Gasteiger partial charge < -0.3 is 10.6 Å². The minimum absolute atomic E-state index is 0.0543. The number of aromatic nitrogens is 6. The van der Waals surface area contributed by atoms with Crippen molar-refractivity contribution < 1.29 is 22.8 Å². The molecular formula is C24H16ClF3N10O2. The van der Waals surface area contributed by atoms with Crippen LogP contribution in [0.25, 0.3) is 5.82 Å². The van der Waals surface area contributed by atoms with Gasteiger partial charge in [-0.3, -0.25) is 9.59 Å². The molecule has 0 aliphatic carbocycles. The van der Waals surface area contributed by atoms with Crippen LogP contribution in [0.5, 0.6) is 0 Å². The van der Waals surface area contributed by atoms with Gasteiger partial charge in [0.2, 0.25) is 0 Å². The molecule has 202 valence electrons. The maximum atomic E-state index is 13.5. The Labute approximate surface area is 228 Å². The predicted octanol–water partition coefficient (Wildman–Crippen LogP) is 3.27. The van der Waals surface area contributed by atoms with E-state index >= 15 is 0 Å². The van der Waals surface area contributed by atoms with E-state index in [0.717, 1.165) is 9.36 Å². The van der Waals surface area contributed by atoms with E-state index < -0.39 is 23.7 Å². The number of anilines is 1. The Hall–Kier alpha value is -5.28. The summed E-state index contributed by atoms with van der Waals surface area (Å²) in [6.45, 7) is 0.978. The fourth-order valence-electron chi connectivity index (χ4n) is 3.62. The van der Waals surface area contributed by atoms with Gasteiger partial charge in [-0.2, -0.15) is 28.8 Å². The number of amides is 2. The third kappa shape index (κ3) is 5.90. The van der Waals surface area contributed by atoms with Gasteiger partial charge in [-0.25, -0.2) is 14.3 Å². The highest BCUT2D eigenvalue weighted by Crippen LogP contribution is 2.28. The fourth-order valence-corrected chi connectivity index (χ4v) is 3.83. The van der Waals surface area contributed by atoms with E-state index in [1.165, 1.54) is 30.5 Å². The summed E-state index contributed by atoms with van der Waals surface area (Å²) in [6, 6.07) is 10.8. The molecule has 0 fully saturated rings. The second kappa shape index (κ2) is 11.2. The van der Waals surface area contributed by atoms with Crippen LogP contribution in [0.2, 0.25) is 5.02 Å². The molecular weight excluding hydrogens is 553 g/mol. The van der Waals surface area contributed by atoms with Gasteiger partial charge in [0, 0.05) is 6.20 Å². The van der Waals surface area contributed by atoms with Gasteiger partial charge in [-0.05, 0) is 42.8 Å². The second-order valence-electron chi connectivity index (χ2n) is 8.16. The molecule has 0 atom stereocenters. The minimum atomic E-state index is -4.69. The standard InChI is InChI=1S/C24H16ClF3N10O2/c1-13-7-14(10-30)8-16(22(39)32-6-4-29)20(13)33-23(40)18-9-15(11-37-12-19(34-36-37)24(26,27)28)35-38(18)21-17(25)3-2-5-31-21/h2-3,5,7-9,12H,6,11H2,1H3,(H,32,39)(H,33,40). The quantitative estimate of drug-likeness (QED) is 0.320. The summed E-state index contributed by atoms with van der Waals surface area (Å²) in [7, 11) is 0. The van der Waals surface area contributed by atoms with E-state index in [0.29, 0.717) is 11.8 Å². The van der Waals surface area contributed by atoms with Crippen molar-refractivity contribution in [2.45, 2.75) is 19.6 Å². The molecule has 0 spiro atoms. The van der Waals surface area contributed by atoms with E-state index in [1.807, 2.05) is 6.07 Å². The zero-order valence-electron chi connectivity index (χ0n) is 20.4. The fraction of sp³-hybridized carbons (Fsp3) is 0.167. The van der Waals surface area contributed by atoms with Gasteiger partial charge in [0.25, 0.3) is 11.8 Å². The number of halogens is 4. The van der Waals surface area contributed by atoms with Crippen LogP contribution in [0.1, 0.15) is 43.4 Å². The van der Waals surface area contributed by atoms with Crippen molar-refractivity contribution in [2.24, 2.45) is 0 Å². The molecule has 40 heavy (non-hydrogen) atoms. The molecule has 2 N–H and O–H groups in total. The maximum Gasteiger partial charge on any atom is 0.436 e. The van der Waals surface area contributed by atoms with Crippen LogP contribution in [-0.4, -0.2) is 48.1 Å². The molecule has 0 saturated carbocycles. The molecule has 3 aromatic heterocycles. The molecule has 4 rings (SSSR count). The minimum Gasteiger partial charge on any atom is -0.339 e. The van der Waals surface area contributed by atoms with Crippen LogP contribution >= 0.6 is 11.6 Å². The Morgan fingerprint density at radius 3 is 2.60 bits per heavy atom. The molecule has 0 aliphatic rings. The number of carbonyl (C=O) groups excluding carboxylic acids is 2. The second-order valence-corrected chi connectivity index (χ2v) is 8.57. The molecule has 3 heterocycles. The number of nitrogens with zero attached hydrogens (tertiary/aromatic N) is 8. The maximum absolute atomic E-state index is 13.5. The Morgan fingerprint density at radius 2 is 1.95 bits per heavy atom. The van der Waals surface area contributed by atoms with E-state index in [9.17, 15) is 28.0 Å². The number of rotatable bonds is 7. The molecule has 4 aromatic rings. The smallest absolute Gasteiger partial charge is 0.339 e. The predicted molar refractivity (Wildman–Crippen MR) is 132 cm³/mol. The first-order chi connectivity index (χ1) is 19.0. The number of pyridine rings is 1. The number of alkyl halides is 3. The number of nitriles is 2. The molecule has 0 bridgehead atoms. The monoisotopic (exact) mass is 568 g/mol. The SMILES string of the molecule is Cc1cc(C#N)cc(C(=O)NCC#N)c1NC(=O)c1cc(Cn2cc(C(F)(F)F)nn2)nn1-c1ncccc1Cl. The summed E-state index contributed by atoms with van der Waals surface area (Å²) in [5, 5.41) is 34.1. The lowest BCUT2D eigenvalue weighted by Crippen LogP contribution is -2.26. The average molecular weight is 569 g/mol. The first-order valence-electron chi connectivity index (χ1n) is 11.2.